The Bertz CT molecular complexity index is 212. The minimum Gasteiger partial charge on any atom is -0.465 e. The first-order chi connectivity index (χ1) is 7.63. The van der Waals surface area contributed by atoms with Gasteiger partial charge in [0.1, 0.15) is 0 Å². The van der Waals surface area contributed by atoms with Crippen molar-refractivity contribution in [1.29, 1.82) is 0 Å². The van der Waals surface area contributed by atoms with Crippen molar-refractivity contribution >= 4 is 5.97 Å². The van der Waals surface area contributed by atoms with Gasteiger partial charge >= 0.3 is 5.97 Å². The Balaban J connectivity index is 2.21. The fraction of sp³-hybridized carbons (Fsp3) is 0.923. The second-order valence-corrected chi connectivity index (χ2v) is 5.04. The Labute approximate surface area is 99.1 Å². The van der Waals surface area contributed by atoms with Gasteiger partial charge in [0.2, 0.25) is 0 Å². The molecule has 1 fully saturated rings. The van der Waals surface area contributed by atoms with Gasteiger partial charge in [0, 0.05) is 12.6 Å². The van der Waals surface area contributed by atoms with Crippen LogP contribution in [-0.2, 0) is 9.53 Å². The molecule has 1 aliphatic carbocycles. The van der Waals surface area contributed by atoms with Crippen molar-refractivity contribution in [2.24, 2.45) is 5.92 Å². The lowest BCUT2D eigenvalue weighted by molar-refractivity contribution is -0.145. The van der Waals surface area contributed by atoms with Gasteiger partial charge in [0.25, 0.3) is 0 Å². The van der Waals surface area contributed by atoms with Crippen molar-refractivity contribution in [3.63, 3.8) is 0 Å². The number of rotatable bonds is 8. The molecule has 0 radical (unpaired) electrons. The molecule has 0 bridgehead atoms. The molecule has 0 aromatic carbocycles. The van der Waals surface area contributed by atoms with Gasteiger partial charge in [-0.15, -0.1) is 0 Å². The van der Waals surface area contributed by atoms with Crippen molar-refractivity contribution in [1.82, 2.24) is 4.90 Å². The van der Waals surface area contributed by atoms with Gasteiger partial charge in [0.05, 0.1) is 13.2 Å². The van der Waals surface area contributed by atoms with Gasteiger partial charge in [-0.3, -0.25) is 9.69 Å². The number of hydrogen-bond acceptors (Lipinski definition) is 3. The highest BCUT2D eigenvalue weighted by molar-refractivity contribution is 5.71. The summed E-state index contributed by atoms with van der Waals surface area (Å²) < 4.78 is 5.18. The number of carbonyl (C=O) groups excluding carboxylic acids is 1. The second kappa shape index (κ2) is 6.89. The van der Waals surface area contributed by atoms with Crippen molar-refractivity contribution in [3.8, 4) is 0 Å². The van der Waals surface area contributed by atoms with Crippen LogP contribution in [0.1, 0.15) is 46.5 Å². The highest BCUT2D eigenvalue weighted by atomic mass is 16.5. The molecule has 1 aliphatic rings. The molecule has 94 valence electrons. The summed E-state index contributed by atoms with van der Waals surface area (Å²) in [6, 6.07) is 0.430. The monoisotopic (exact) mass is 227 g/mol. The molecule has 0 heterocycles. The summed E-state index contributed by atoms with van der Waals surface area (Å²) in [6.45, 7) is 8.47. The van der Waals surface area contributed by atoms with E-state index in [2.05, 4.69) is 25.7 Å². The van der Waals surface area contributed by atoms with Crippen LogP contribution in [0.4, 0.5) is 0 Å². The number of nitrogens with zero attached hydrogens (tertiary/aromatic N) is 1. The molecule has 3 nitrogen and oxygen atoms in total. The number of esters is 1. The summed E-state index contributed by atoms with van der Waals surface area (Å²) in [7, 11) is 0. The molecule has 0 aromatic heterocycles. The van der Waals surface area contributed by atoms with Crippen molar-refractivity contribution in [2.75, 3.05) is 19.7 Å². The van der Waals surface area contributed by atoms with E-state index in [9.17, 15) is 4.79 Å². The fourth-order valence-electron chi connectivity index (χ4n) is 1.63. The number of carbonyl (C=O) groups is 1. The molecule has 16 heavy (non-hydrogen) atoms. The summed E-state index contributed by atoms with van der Waals surface area (Å²) in [5, 5.41) is 0. The van der Waals surface area contributed by atoms with Crippen LogP contribution in [0.25, 0.3) is 0 Å². The predicted octanol–water partition coefficient (Wildman–Crippen LogP) is 2.45. The Morgan fingerprint density at radius 2 is 2.12 bits per heavy atom. The molecule has 0 unspecified atom stereocenters. The van der Waals surface area contributed by atoms with E-state index in [-0.39, 0.29) is 5.97 Å². The van der Waals surface area contributed by atoms with Crippen LogP contribution in [0.5, 0.6) is 0 Å². The van der Waals surface area contributed by atoms with Crippen LogP contribution in [0.15, 0.2) is 0 Å². The summed E-state index contributed by atoms with van der Waals surface area (Å²) in [5.74, 6) is 0.758. The first-order valence-corrected chi connectivity index (χ1v) is 6.53. The Morgan fingerprint density at radius 1 is 1.44 bits per heavy atom. The summed E-state index contributed by atoms with van der Waals surface area (Å²) in [4.78, 5) is 13.8. The first-order valence-electron chi connectivity index (χ1n) is 6.53. The molecular formula is C13H25NO2. The number of hydrogen-bond donors (Lipinski definition) is 0. The summed E-state index contributed by atoms with van der Waals surface area (Å²) in [5.41, 5.74) is 0. The lowest BCUT2D eigenvalue weighted by Crippen LogP contribution is -2.38. The van der Waals surface area contributed by atoms with E-state index in [1.165, 1.54) is 12.8 Å². The number of ether oxygens (including phenoxy) is 1. The van der Waals surface area contributed by atoms with Crippen LogP contribution >= 0.6 is 0 Å². The quantitative estimate of drug-likeness (QED) is 0.471. The van der Waals surface area contributed by atoms with E-state index >= 15 is 0 Å². The average Bonchev–Trinajstić information content (AvgIpc) is 3.01. The zero-order valence-corrected chi connectivity index (χ0v) is 10.9. The van der Waals surface area contributed by atoms with Gasteiger partial charge in [-0.1, -0.05) is 13.3 Å². The highest BCUT2D eigenvalue weighted by Crippen LogP contribution is 2.30. The highest BCUT2D eigenvalue weighted by Gasteiger charge is 2.26. The number of unbranched alkanes of at least 4 members (excludes halogenated alkanes) is 1. The molecule has 1 saturated carbocycles. The molecule has 0 saturated heterocycles. The minimum absolute atomic E-state index is 0.0669. The van der Waals surface area contributed by atoms with E-state index in [4.69, 9.17) is 4.74 Å². The van der Waals surface area contributed by atoms with Gasteiger partial charge < -0.3 is 4.74 Å². The molecular weight excluding hydrogens is 202 g/mol. The average molecular weight is 227 g/mol. The molecule has 0 aromatic rings. The Kier molecular flexibility index (Phi) is 5.81. The second-order valence-electron chi connectivity index (χ2n) is 5.04. The van der Waals surface area contributed by atoms with Crippen LogP contribution in [-0.4, -0.2) is 36.6 Å². The molecule has 1 rings (SSSR count). The first kappa shape index (κ1) is 13.5. The van der Waals surface area contributed by atoms with E-state index in [0.717, 1.165) is 25.3 Å². The van der Waals surface area contributed by atoms with Crippen LogP contribution < -0.4 is 0 Å². The third-order valence-electron chi connectivity index (χ3n) is 3.01. The van der Waals surface area contributed by atoms with E-state index in [0.29, 0.717) is 19.2 Å². The van der Waals surface area contributed by atoms with Crippen molar-refractivity contribution in [3.05, 3.63) is 0 Å². The van der Waals surface area contributed by atoms with Gasteiger partial charge in [-0.2, -0.15) is 0 Å². The maximum absolute atomic E-state index is 11.6. The normalized spacial score (nSPS) is 15.8. The molecule has 0 aliphatic heterocycles. The van der Waals surface area contributed by atoms with Crippen LogP contribution in [0.3, 0.4) is 0 Å². The molecule has 0 amide bonds. The lowest BCUT2D eigenvalue weighted by Gasteiger charge is -2.25. The lowest BCUT2D eigenvalue weighted by atomic mass is 10.2. The fourth-order valence-corrected chi connectivity index (χ4v) is 1.63. The summed E-state index contributed by atoms with van der Waals surface area (Å²) >= 11 is 0. The molecule has 0 atom stereocenters. The van der Waals surface area contributed by atoms with Gasteiger partial charge in [0.15, 0.2) is 0 Å². The van der Waals surface area contributed by atoms with Crippen molar-refractivity contribution < 1.29 is 9.53 Å². The SMILES string of the molecule is CCCCOC(=O)CN(CC1CC1)C(C)C. The van der Waals surface area contributed by atoms with E-state index < -0.39 is 0 Å². The molecule has 0 spiro atoms. The molecule has 0 N–H and O–H groups in total. The maximum Gasteiger partial charge on any atom is 0.320 e. The van der Waals surface area contributed by atoms with Crippen LogP contribution in [0.2, 0.25) is 0 Å². The third kappa shape index (κ3) is 5.50. The Hall–Kier alpha value is -0.570. The predicted molar refractivity (Wildman–Crippen MR) is 65.3 cm³/mol. The largest absolute Gasteiger partial charge is 0.465 e. The van der Waals surface area contributed by atoms with Crippen LogP contribution in [0, 0.1) is 5.92 Å². The minimum atomic E-state index is -0.0669. The van der Waals surface area contributed by atoms with E-state index in [1.54, 1.807) is 0 Å². The molecule has 3 heteroatoms. The topological polar surface area (TPSA) is 29.5 Å². The van der Waals surface area contributed by atoms with Gasteiger partial charge in [-0.05, 0) is 39.0 Å². The third-order valence-corrected chi connectivity index (χ3v) is 3.01. The zero-order chi connectivity index (χ0) is 12.0. The zero-order valence-electron chi connectivity index (χ0n) is 10.9. The standard InChI is InChI=1S/C13H25NO2/c1-4-5-8-16-13(15)10-14(11(2)3)9-12-6-7-12/h11-12H,4-10H2,1-3H3. The smallest absolute Gasteiger partial charge is 0.320 e. The Morgan fingerprint density at radius 3 is 2.62 bits per heavy atom. The summed E-state index contributed by atoms with van der Waals surface area (Å²) in [6.07, 6.45) is 4.70. The maximum atomic E-state index is 11.6. The van der Waals surface area contributed by atoms with Gasteiger partial charge in [-0.25, -0.2) is 0 Å². The van der Waals surface area contributed by atoms with Crippen molar-refractivity contribution in [2.45, 2.75) is 52.5 Å². The van der Waals surface area contributed by atoms with E-state index in [1.807, 2.05) is 0 Å².